The first kappa shape index (κ1) is 11.4. The number of fused-ring (bicyclic) bond motifs is 1. The van der Waals surface area contributed by atoms with Crippen molar-refractivity contribution in [2.45, 2.75) is 0 Å². The van der Waals surface area contributed by atoms with Crippen molar-refractivity contribution in [2.75, 3.05) is 0 Å². The molecular weight excluding hydrogens is 247 g/mol. The molecule has 0 bridgehead atoms. The quantitative estimate of drug-likeness (QED) is 0.740. The van der Waals surface area contributed by atoms with Crippen LogP contribution in [0.4, 0.5) is 4.39 Å². The number of nitrogens with one attached hydrogen (secondary N) is 1. The van der Waals surface area contributed by atoms with Crippen LogP contribution in [0, 0.1) is 5.82 Å². The Morgan fingerprint density at radius 1 is 1.21 bits per heavy atom. The number of carbonyl (C=O) groups is 1. The van der Waals surface area contributed by atoms with Gasteiger partial charge in [-0.05, 0) is 30.3 Å². The van der Waals surface area contributed by atoms with Crippen molar-refractivity contribution in [2.24, 2.45) is 0 Å². The van der Waals surface area contributed by atoms with Crippen LogP contribution in [-0.4, -0.2) is 21.3 Å². The predicted octanol–water partition coefficient (Wildman–Crippen LogP) is 3.07. The molecule has 1 aromatic heterocycles. The molecule has 19 heavy (non-hydrogen) atoms. The highest BCUT2D eigenvalue weighted by atomic mass is 19.1. The highest BCUT2D eigenvalue weighted by molar-refractivity contribution is 5.98. The van der Waals surface area contributed by atoms with E-state index >= 15 is 0 Å². The average Bonchev–Trinajstić information content (AvgIpc) is 2.82. The van der Waals surface area contributed by atoms with Crippen molar-refractivity contribution in [1.82, 2.24) is 10.2 Å². The van der Waals surface area contributed by atoms with Crippen LogP contribution in [0.25, 0.3) is 22.2 Å². The number of carboxylic acids is 1. The lowest BCUT2D eigenvalue weighted by Gasteiger charge is -2.00. The SMILES string of the molecule is O=C(O)c1ccc2c(-c3ccccc3F)n[nH]c2c1. The highest BCUT2D eigenvalue weighted by Gasteiger charge is 2.13. The molecule has 0 aliphatic carbocycles. The summed E-state index contributed by atoms with van der Waals surface area (Å²) in [6.07, 6.45) is 0. The van der Waals surface area contributed by atoms with Crippen LogP contribution in [0.5, 0.6) is 0 Å². The van der Waals surface area contributed by atoms with Gasteiger partial charge in [0.2, 0.25) is 0 Å². The van der Waals surface area contributed by atoms with Crippen molar-refractivity contribution in [3.8, 4) is 11.3 Å². The van der Waals surface area contributed by atoms with Crippen molar-refractivity contribution < 1.29 is 14.3 Å². The van der Waals surface area contributed by atoms with Crippen molar-refractivity contribution in [3.05, 3.63) is 53.8 Å². The van der Waals surface area contributed by atoms with Crippen LogP contribution in [0.3, 0.4) is 0 Å². The molecule has 0 fully saturated rings. The summed E-state index contributed by atoms with van der Waals surface area (Å²) in [5.41, 5.74) is 1.59. The monoisotopic (exact) mass is 256 g/mol. The van der Waals surface area contributed by atoms with Gasteiger partial charge < -0.3 is 5.11 Å². The molecule has 2 N–H and O–H groups in total. The van der Waals surface area contributed by atoms with Gasteiger partial charge in [-0.2, -0.15) is 5.10 Å². The lowest BCUT2D eigenvalue weighted by molar-refractivity contribution is 0.0697. The molecule has 5 heteroatoms. The molecule has 0 atom stereocenters. The Balaban J connectivity index is 2.22. The summed E-state index contributed by atoms with van der Waals surface area (Å²) in [5.74, 6) is -1.37. The summed E-state index contributed by atoms with van der Waals surface area (Å²) in [4.78, 5) is 10.9. The van der Waals surface area contributed by atoms with Crippen LogP contribution < -0.4 is 0 Å². The molecule has 0 amide bonds. The van der Waals surface area contributed by atoms with Gasteiger partial charge in [0.15, 0.2) is 0 Å². The number of aromatic nitrogens is 2. The third-order valence-corrected chi connectivity index (χ3v) is 2.94. The number of halogens is 1. The molecule has 3 aromatic rings. The predicted molar refractivity (Wildman–Crippen MR) is 68.4 cm³/mol. The number of hydrogen-bond donors (Lipinski definition) is 2. The van der Waals surface area contributed by atoms with Crippen LogP contribution in [0.1, 0.15) is 10.4 Å². The number of H-pyrrole nitrogens is 1. The molecule has 3 rings (SSSR count). The first-order valence-corrected chi connectivity index (χ1v) is 5.63. The average molecular weight is 256 g/mol. The van der Waals surface area contributed by atoms with E-state index in [2.05, 4.69) is 10.2 Å². The van der Waals surface area contributed by atoms with E-state index in [1.54, 1.807) is 24.3 Å². The van der Waals surface area contributed by atoms with Crippen LogP contribution in [-0.2, 0) is 0 Å². The Morgan fingerprint density at radius 2 is 2.00 bits per heavy atom. The number of carboxylic acid groups (broad SMARTS) is 1. The van der Waals surface area contributed by atoms with Crippen molar-refractivity contribution in [1.29, 1.82) is 0 Å². The van der Waals surface area contributed by atoms with Gasteiger partial charge in [-0.1, -0.05) is 12.1 Å². The molecule has 0 saturated carbocycles. The normalized spacial score (nSPS) is 10.8. The fraction of sp³-hybridized carbons (Fsp3) is 0. The van der Waals surface area contributed by atoms with Crippen LogP contribution >= 0.6 is 0 Å². The maximum atomic E-state index is 13.7. The van der Waals surface area contributed by atoms with E-state index in [-0.39, 0.29) is 11.4 Å². The standard InChI is InChI=1S/C14H9FN2O2/c15-11-4-2-1-3-9(11)13-10-6-5-8(14(18)19)7-12(10)16-17-13/h1-7H,(H,16,17)(H,18,19). The number of benzene rings is 2. The van der Waals surface area contributed by atoms with Gasteiger partial charge in [-0.25, -0.2) is 9.18 Å². The number of aromatic amines is 1. The second-order valence-corrected chi connectivity index (χ2v) is 4.12. The number of rotatable bonds is 2. The Labute approximate surface area is 107 Å². The summed E-state index contributed by atoms with van der Waals surface area (Å²) in [5, 5.41) is 16.4. The molecule has 1 heterocycles. The van der Waals surface area contributed by atoms with Crippen molar-refractivity contribution >= 4 is 16.9 Å². The molecule has 0 spiro atoms. The minimum atomic E-state index is -1.01. The van der Waals surface area contributed by atoms with E-state index in [1.807, 2.05) is 0 Å². The first-order chi connectivity index (χ1) is 9.16. The fourth-order valence-electron chi connectivity index (χ4n) is 2.01. The zero-order valence-electron chi connectivity index (χ0n) is 9.72. The van der Waals surface area contributed by atoms with Crippen LogP contribution in [0.15, 0.2) is 42.5 Å². The van der Waals surface area contributed by atoms with Crippen LogP contribution in [0.2, 0.25) is 0 Å². The van der Waals surface area contributed by atoms with Gasteiger partial charge in [0, 0.05) is 10.9 Å². The molecule has 0 aliphatic heterocycles. The molecule has 0 unspecified atom stereocenters. The van der Waals surface area contributed by atoms with E-state index in [9.17, 15) is 9.18 Å². The minimum Gasteiger partial charge on any atom is -0.478 e. The summed E-state index contributed by atoms with van der Waals surface area (Å²) >= 11 is 0. The topological polar surface area (TPSA) is 66.0 Å². The van der Waals surface area contributed by atoms with Crippen molar-refractivity contribution in [3.63, 3.8) is 0 Å². The maximum Gasteiger partial charge on any atom is 0.335 e. The fourth-order valence-corrected chi connectivity index (χ4v) is 2.01. The zero-order valence-corrected chi connectivity index (χ0v) is 9.72. The second kappa shape index (κ2) is 4.20. The van der Waals surface area contributed by atoms with Gasteiger partial charge in [0.1, 0.15) is 11.5 Å². The summed E-state index contributed by atoms with van der Waals surface area (Å²) in [7, 11) is 0. The third-order valence-electron chi connectivity index (χ3n) is 2.94. The van der Waals surface area contributed by atoms with E-state index in [1.165, 1.54) is 18.2 Å². The number of nitrogens with zero attached hydrogens (tertiary/aromatic N) is 1. The number of hydrogen-bond acceptors (Lipinski definition) is 2. The largest absolute Gasteiger partial charge is 0.478 e. The van der Waals surface area contributed by atoms with E-state index in [4.69, 9.17) is 5.11 Å². The molecule has 94 valence electrons. The van der Waals surface area contributed by atoms with Gasteiger partial charge in [0.25, 0.3) is 0 Å². The van der Waals surface area contributed by atoms with E-state index in [0.717, 1.165) is 0 Å². The van der Waals surface area contributed by atoms with Gasteiger partial charge in [-0.15, -0.1) is 0 Å². The molecule has 0 radical (unpaired) electrons. The lowest BCUT2D eigenvalue weighted by Crippen LogP contribution is -1.94. The zero-order chi connectivity index (χ0) is 13.4. The lowest BCUT2D eigenvalue weighted by atomic mass is 10.1. The smallest absolute Gasteiger partial charge is 0.335 e. The highest BCUT2D eigenvalue weighted by Crippen LogP contribution is 2.28. The molecule has 2 aromatic carbocycles. The summed E-state index contributed by atoms with van der Waals surface area (Å²) < 4.78 is 13.7. The van der Waals surface area contributed by atoms with Gasteiger partial charge >= 0.3 is 5.97 Å². The van der Waals surface area contributed by atoms with Gasteiger partial charge in [0.05, 0.1) is 11.1 Å². The van der Waals surface area contributed by atoms with Gasteiger partial charge in [-0.3, -0.25) is 5.10 Å². The Hall–Kier alpha value is -2.69. The third kappa shape index (κ3) is 1.85. The number of aromatic carboxylic acids is 1. The van der Waals surface area contributed by atoms with E-state index in [0.29, 0.717) is 22.2 Å². The Morgan fingerprint density at radius 3 is 2.74 bits per heavy atom. The molecule has 0 aliphatic rings. The molecule has 4 nitrogen and oxygen atoms in total. The molecule has 0 saturated heterocycles. The molecular formula is C14H9FN2O2. The van der Waals surface area contributed by atoms with E-state index < -0.39 is 5.97 Å². The summed E-state index contributed by atoms with van der Waals surface area (Å²) in [6.45, 7) is 0. The summed E-state index contributed by atoms with van der Waals surface area (Å²) in [6, 6.07) is 10.9. The Kier molecular flexibility index (Phi) is 2.52. The second-order valence-electron chi connectivity index (χ2n) is 4.12. The Bertz CT molecular complexity index is 780. The maximum absolute atomic E-state index is 13.7. The first-order valence-electron chi connectivity index (χ1n) is 5.63. The minimum absolute atomic E-state index is 0.163.